The Balaban J connectivity index is 1.53. The molecule has 1 N–H and O–H groups in total. The summed E-state index contributed by atoms with van der Waals surface area (Å²) in [5.41, 5.74) is 2.25. The van der Waals surface area contributed by atoms with Gasteiger partial charge in [-0.15, -0.1) is 0 Å². The van der Waals surface area contributed by atoms with E-state index in [0.29, 0.717) is 25.1 Å². The van der Waals surface area contributed by atoms with Crippen molar-refractivity contribution in [3.63, 3.8) is 0 Å². The van der Waals surface area contributed by atoms with Crippen molar-refractivity contribution in [1.29, 1.82) is 0 Å². The first-order valence-corrected chi connectivity index (χ1v) is 8.33. The number of rotatable bonds is 4. The van der Waals surface area contributed by atoms with Crippen LogP contribution in [0, 0.1) is 0 Å². The second kappa shape index (κ2) is 6.63. The molecule has 0 spiro atoms. The normalized spacial score (nSPS) is 13.5. The van der Waals surface area contributed by atoms with E-state index in [4.69, 9.17) is 0 Å². The van der Waals surface area contributed by atoms with Crippen molar-refractivity contribution < 1.29 is 22.5 Å². The van der Waals surface area contributed by atoms with Crippen LogP contribution in [0.3, 0.4) is 0 Å². The predicted molar refractivity (Wildman–Crippen MR) is 90.3 cm³/mol. The van der Waals surface area contributed by atoms with Crippen LogP contribution in [0.2, 0.25) is 0 Å². The number of halogens is 3. The molecular weight excluding hydrogens is 377 g/mol. The van der Waals surface area contributed by atoms with E-state index in [-0.39, 0.29) is 17.3 Å². The second-order valence-corrected chi connectivity index (χ2v) is 6.24. The number of aromatic nitrogens is 3. The minimum atomic E-state index is -4.74. The standard InChI is InChI=1S/C18H13F3N4O3/c19-18(20,21)17-23-15(24-28-17)11-5-7-25(14(26)8-11)6-4-10-2-1-3-12-13(10)9-22-16(12)27/h1-3,5,7-8H,4,6,9H2,(H,22,27). The monoisotopic (exact) mass is 390 g/mol. The summed E-state index contributed by atoms with van der Waals surface area (Å²) in [4.78, 5) is 27.3. The van der Waals surface area contributed by atoms with Crippen molar-refractivity contribution in [2.24, 2.45) is 0 Å². The van der Waals surface area contributed by atoms with Crippen LogP contribution in [0.5, 0.6) is 0 Å². The van der Waals surface area contributed by atoms with Gasteiger partial charge in [-0.25, -0.2) is 0 Å². The van der Waals surface area contributed by atoms with Crippen molar-refractivity contribution in [2.45, 2.75) is 25.7 Å². The Morgan fingerprint density at radius 2 is 2.04 bits per heavy atom. The van der Waals surface area contributed by atoms with E-state index in [1.807, 2.05) is 6.07 Å². The van der Waals surface area contributed by atoms with Crippen LogP contribution >= 0.6 is 0 Å². The van der Waals surface area contributed by atoms with Gasteiger partial charge < -0.3 is 14.4 Å². The number of alkyl halides is 3. The zero-order chi connectivity index (χ0) is 19.9. The molecule has 144 valence electrons. The highest BCUT2D eigenvalue weighted by atomic mass is 19.4. The lowest BCUT2D eigenvalue weighted by Gasteiger charge is -2.09. The number of carbonyl (C=O) groups is 1. The summed E-state index contributed by atoms with van der Waals surface area (Å²) in [7, 11) is 0. The Morgan fingerprint density at radius 3 is 2.75 bits per heavy atom. The van der Waals surface area contributed by atoms with Gasteiger partial charge in [-0.1, -0.05) is 17.3 Å². The summed E-state index contributed by atoms with van der Waals surface area (Å²) in [6, 6.07) is 8.05. The Bertz CT molecular complexity index is 1120. The molecular formula is C18H13F3N4O3. The quantitative estimate of drug-likeness (QED) is 0.739. The van der Waals surface area contributed by atoms with E-state index in [1.165, 1.54) is 16.8 Å². The van der Waals surface area contributed by atoms with Crippen LogP contribution in [0.4, 0.5) is 13.2 Å². The molecule has 7 nitrogen and oxygen atoms in total. The highest BCUT2D eigenvalue weighted by Crippen LogP contribution is 2.29. The Kier molecular flexibility index (Phi) is 4.25. The first-order valence-electron chi connectivity index (χ1n) is 8.33. The Morgan fingerprint density at radius 1 is 1.21 bits per heavy atom. The molecule has 1 amide bonds. The smallest absolute Gasteiger partial charge is 0.348 e. The zero-order valence-electron chi connectivity index (χ0n) is 14.3. The topological polar surface area (TPSA) is 90.0 Å². The molecule has 0 saturated heterocycles. The number of pyridine rings is 1. The first-order chi connectivity index (χ1) is 13.3. The minimum Gasteiger partial charge on any atom is -0.348 e. The summed E-state index contributed by atoms with van der Waals surface area (Å²) >= 11 is 0. The summed E-state index contributed by atoms with van der Waals surface area (Å²) in [5, 5.41) is 6.03. The average Bonchev–Trinajstić information content (AvgIpc) is 3.28. The van der Waals surface area contributed by atoms with E-state index < -0.39 is 17.6 Å². The van der Waals surface area contributed by atoms with Gasteiger partial charge in [-0.3, -0.25) is 9.59 Å². The molecule has 1 aliphatic rings. The van der Waals surface area contributed by atoms with Gasteiger partial charge in [0.15, 0.2) is 0 Å². The van der Waals surface area contributed by atoms with Gasteiger partial charge in [-0.05, 0) is 29.7 Å². The second-order valence-electron chi connectivity index (χ2n) is 6.24. The maximum absolute atomic E-state index is 12.6. The summed E-state index contributed by atoms with van der Waals surface area (Å²) in [5.74, 6) is -1.88. The molecule has 3 aromatic rings. The molecule has 1 aromatic carbocycles. The van der Waals surface area contributed by atoms with Gasteiger partial charge in [-0.2, -0.15) is 18.2 Å². The largest absolute Gasteiger partial charge is 0.471 e. The fourth-order valence-corrected chi connectivity index (χ4v) is 3.08. The number of fused-ring (bicyclic) bond motifs is 1. The van der Waals surface area contributed by atoms with Crippen LogP contribution in [-0.4, -0.2) is 20.6 Å². The summed E-state index contributed by atoms with van der Waals surface area (Å²) in [6.07, 6.45) is -2.75. The molecule has 0 saturated carbocycles. The average molecular weight is 390 g/mol. The summed E-state index contributed by atoms with van der Waals surface area (Å²) < 4.78 is 43.3. The highest BCUT2D eigenvalue weighted by Gasteiger charge is 2.38. The lowest BCUT2D eigenvalue weighted by atomic mass is 10.0. The number of nitrogens with zero attached hydrogens (tertiary/aromatic N) is 3. The predicted octanol–water partition coefficient (Wildman–Crippen LogP) is 2.40. The third-order valence-corrected chi connectivity index (χ3v) is 4.49. The maximum atomic E-state index is 12.6. The molecule has 0 aliphatic carbocycles. The van der Waals surface area contributed by atoms with Gasteiger partial charge in [0, 0.05) is 36.5 Å². The Labute approximate surface area is 155 Å². The molecule has 0 bridgehead atoms. The van der Waals surface area contributed by atoms with Crippen LogP contribution in [0.15, 0.2) is 45.8 Å². The fraction of sp³-hybridized carbons (Fsp3) is 0.222. The molecule has 2 aromatic heterocycles. The number of hydrogen-bond donors (Lipinski definition) is 1. The number of nitrogens with one attached hydrogen (secondary N) is 1. The van der Waals surface area contributed by atoms with Gasteiger partial charge in [0.05, 0.1) is 0 Å². The van der Waals surface area contributed by atoms with E-state index in [2.05, 4.69) is 20.0 Å². The number of benzene rings is 1. The van der Waals surface area contributed by atoms with Crippen molar-refractivity contribution in [2.75, 3.05) is 0 Å². The highest BCUT2D eigenvalue weighted by molar-refractivity contribution is 5.98. The third-order valence-electron chi connectivity index (χ3n) is 4.49. The molecule has 0 unspecified atom stereocenters. The molecule has 0 atom stereocenters. The lowest BCUT2D eigenvalue weighted by Crippen LogP contribution is -2.20. The van der Waals surface area contributed by atoms with Crippen molar-refractivity contribution in [3.8, 4) is 11.4 Å². The fourth-order valence-electron chi connectivity index (χ4n) is 3.08. The van der Waals surface area contributed by atoms with Crippen LogP contribution in [0.25, 0.3) is 11.4 Å². The number of hydrogen-bond acceptors (Lipinski definition) is 5. The maximum Gasteiger partial charge on any atom is 0.471 e. The lowest BCUT2D eigenvalue weighted by molar-refractivity contribution is -0.159. The number of aryl methyl sites for hydroxylation is 2. The van der Waals surface area contributed by atoms with Gasteiger partial charge >= 0.3 is 12.1 Å². The molecule has 4 rings (SSSR count). The Hall–Kier alpha value is -3.43. The number of amides is 1. The summed E-state index contributed by atoms with van der Waals surface area (Å²) in [6.45, 7) is 0.807. The molecule has 10 heteroatoms. The molecule has 0 radical (unpaired) electrons. The van der Waals surface area contributed by atoms with Gasteiger partial charge in [0.25, 0.3) is 11.5 Å². The van der Waals surface area contributed by atoms with E-state index >= 15 is 0 Å². The van der Waals surface area contributed by atoms with E-state index in [1.54, 1.807) is 12.1 Å². The van der Waals surface area contributed by atoms with Gasteiger partial charge in [0.1, 0.15) is 0 Å². The number of carbonyl (C=O) groups excluding carboxylic acids is 1. The van der Waals surface area contributed by atoms with E-state index in [9.17, 15) is 22.8 Å². The molecule has 28 heavy (non-hydrogen) atoms. The SMILES string of the molecule is O=C1NCc2c(CCn3ccc(-c4noc(C(F)(F)F)n4)cc3=O)cccc21. The zero-order valence-corrected chi connectivity index (χ0v) is 14.3. The van der Waals surface area contributed by atoms with E-state index in [0.717, 1.165) is 17.2 Å². The first kappa shape index (κ1) is 18.0. The van der Waals surface area contributed by atoms with Crippen molar-refractivity contribution in [1.82, 2.24) is 20.0 Å². The van der Waals surface area contributed by atoms with Crippen LogP contribution < -0.4 is 10.9 Å². The van der Waals surface area contributed by atoms with Crippen LogP contribution in [-0.2, 0) is 25.7 Å². The molecule has 3 heterocycles. The molecule has 1 aliphatic heterocycles. The third kappa shape index (κ3) is 3.28. The van der Waals surface area contributed by atoms with Crippen molar-refractivity contribution in [3.05, 3.63) is 69.5 Å². The molecule has 0 fully saturated rings. The van der Waals surface area contributed by atoms with Crippen molar-refractivity contribution >= 4 is 5.91 Å². The minimum absolute atomic E-state index is 0.114. The van der Waals surface area contributed by atoms with Crippen LogP contribution in [0.1, 0.15) is 27.4 Å². The van der Waals surface area contributed by atoms with Gasteiger partial charge in [0.2, 0.25) is 5.82 Å².